The summed E-state index contributed by atoms with van der Waals surface area (Å²) in [4.78, 5) is 23.4. The van der Waals surface area contributed by atoms with Gasteiger partial charge < -0.3 is 9.47 Å². The van der Waals surface area contributed by atoms with E-state index in [9.17, 15) is 9.59 Å². The third kappa shape index (κ3) is 1.46. The van der Waals surface area contributed by atoms with Gasteiger partial charge in [0.05, 0.1) is 19.8 Å². The first-order valence-corrected chi connectivity index (χ1v) is 4.97. The Balaban J connectivity index is 2.42. The summed E-state index contributed by atoms with van der Waals surface area (Å²) >= 11 is 0. The Morgan fingerprint density at radius 3 is 2.75 bits per heavy atom. The number of esters is 1. The smallest absolute Gasteiger partial charge is 0.316 e. The summed E-state index contributed by atoms with van der Waals surface area (Å²) in [6.07, 6.45) is 0.401. The molecule has 16 heavy (non-hydrogen) atoms. The van der Waals surface area contributed by atoms with Crippen LogP contribution in [0.4, 0.5) is 0 Å². The van der Waals surface area contributed by atoms with Crippen molar-refractivity contribution in [2.45, 2.75) is 6.42 Å². The zero-order valence-corrected chi connectivity index (χ0v) is 9.15. The van der Waals surface area contributed by atoms with Crippen LogP contribution >= 0.6 is 0 Å². The number of carbonyl (C=O) groups is 2. The lowest BCUT2D eigenvalue weighted by Gasteiger charge is -2.05. The molecule has 1 aliphatic carbocycles. The van der Waals surface area contributed by atoms with Crippen molar-refractivity contribution in [1.29, 1.82) is 0 Å². The molecule has 84 valence electrons. The van der Waals surface area contributed by atoms with Crippen LogP contribution in [-0.2, 0) is 16.0 Å². The summed E-state index contributed by atoms with van der Waals surface area (Å²) in [5.74, 6) is -0.882. The monoisotopic (exact) mass is 220 g/mol. The fraction of sp³-hybridized carbons (Fsp3) is 0.333. The Morgan fingerprint density at radius 2 is 2.12 bits per heavy atom. The second-order valence-electron chi connectivity index (χ2n) is 3.64. The van der Waals surface area contributed by atoms with Crippen molar-refractivity contribution in [3.05, 3.63) is 29.3 Å². The standard InChI is InChI=1S/C12H12O4/c1-15-9-5-3-4-7-6-8(12(14)16-2)11(13)10(7)9/h3-5,8H,6H2,1-2H3. The van der Waals surface area contributed by atoms with Crippen LogP contribution in [-0.4, -0.2) is 26.0 Å². The maximum absolute atomic E-state index is 12.0. The number of hydrogen-bond acceptors (Lipinski definition) is 4. The van der Waals surface area contributed by atoms with Crippen molar-refractivity contribution in [3.8, 4) is 5.75 Å². The largest absolute Gasteiger partial charge is 0.496 e. The molecule has 0 spiro atoms. The van der Waals surface area contributed by atoms with Crippen molar-refractivity contribution in [1.82, 2.24) is 0 Å². The molecule has 0 bridgehead atoms. The topological polar surface area (TPSA) is 52.6 Å². The number of ether oxygens (including phenoxy) is 2. The zero-order valence-electron chi connectivity index (χ0n) is 9.15. The van der Waals surface area contributed by atoms with E-state index in [1.165, 1.54) is 14.2 Å². The molecule has 0 saturated heterocycles. The van der Waals surface area contributed by atoms with Gasteiger partial charge in [-0.25, -0.2) is 0 Å². The lowest BCUT2D eigenvalue weighted by molar-refractivity contribution is -0.143. The quantitative estimate of drug-likeness (QED) is 0.555. The molecule has 0 amide bonds. The van der Waals surface area contributed by atoms with E-state index in [2.05, 4.69) is 4.74 Å². The van der Waals surface area contributed by atoms with Crippen molar-refractivity contribution in [2.24, 2.45) is 5.92 Å². The highest BCUT2D eigenvalue weighted by Gasteiger charge is 2.38. The molecule has 2 rings (SSSR count). The van der Waals surface area contributed by atoms with Crippen LogP contribution in [0.3, 0.4) is 0 Å². The molecule has 4 nitrogen and oxygen atoms in total. The fourth-order valence-corrected chi connectivity index (χ4v) is 2.02. The van der Waals surface area contributed by atoms with E-state index < -0.39 is 11.9 Å². The molecule has 1 unspecified atom stereocenters. The SMILES string of the molecule is COC(=O)C1Cc2cccc(OC)c2C1=O. The molecule has 0 saturated carbocycles. The summed E-state index contributed by atoms with van der Waals surface area (Å²) in [6, 6.07) is 5.36. The average Bonchev–Trinajstić information content (AvgIpc) is 2.66. The van der Waals surface area contributed by atoms with Gasteiger partial charge >= 0.3 is 5.97 Å². The first-order chi connectivity index (χ1) is 7.69. The van der Waals surface area contributed by atoms with E-state index in [1.54, 1.807) is 6.07 Å². The van der Waals surface area contributed by atoms with Gasteiger partial charge in [0.15, 0.2) is 5.78 Å². The number of hydrogen-bond donors (Lipinski definition) is 0. The fourth-order valence-electron chi connectivity index (χ4n) is 2.02. The number of rotatable bonds is 2. The van der Waals surface area contributed by atoms with Crippen LogP contribution in [0.15, 0.2) is 18.2 Å². The Hall–Kier alpha value is -1.84. The second kappa shape index (κ2) is 3.96. The highest BCUT2D eigenvalue weighted by molar-refractivity contribution is 6.13. The predicted octanol–water partition coefficient (Wildman–Crippen LogP) is 1.22. The zero-order chi connectivity index (χ0) is 11.7. The van der Waals surface area contributed by atoms with E-state index in [4.69, 9.17) is 4.74 Å². The van der Waals surface area contributed by atoms with Crippen molar-refractivity contribution >= 4 is 11.8 Å². The predicted molar refractivity (Wildman–Crippen MR) is 56.5 cm³/mol. The Kier molecular flexibility index (Phi) is 2.64. The maximum Gasteiger partial charge on any atom is 0.316 e. The molecule has 1 aromatic rings. The van der Waals surface area contributed by atoms with Crippen LogP contribution in [0.2, 0.25) is 0 Å². The van der Waals surface area contributed by atoms with Gasteiger partial charge in [-0.3, -0.25) is 9.59 Å². The number of methoxy groups -OCH3 is 2. The van der Waals surface area contributed by atoms with Crippen molar-refractivity contribution in [3.63, 3.8) is 0 Å². The van der Waals surface area contributed by atoms with E-state index in [0.717, 1.165) is 5.56 Å². The van der Waals surface area contributed by atoms with Crippen LogP contribution < -0.4 is 4.74 Å². The van der Waals surface area contributed by atoms with E-state index in [-0.39, 0.29) is 5.78 Å². The van der Waals surface area contributed by atoms with Gasteiger partial charge in [0, 0.05) is 0 Å². The minimum Gasteiger partial charge on any atom is -0.496 e. The summed E-state index contributed by atoms with van der Waals surface area (Å²) in [7, 11) is 2.80. The summed E-state index contributed by atoms with van der Waals surface area (Å²) < 4.78 is 9.72. The molecule has 0 radical (unpaired) electrons. The van der Waals surface area contributed by atoms with Gasteiger partial charge in [0.2, 0.25) is 0 Å². The molecule has 0 fully saturated rings. The number of ketones is 1. The minimum absolute atomic E-state index is 0.209. The first-order valence-electron chi connectivity index (χ1n) is 4.97. The Morgan fingerprint density at radius 1 is 1.38 bits per heavy atom. The Labute approximate surface area is 93.2 Å². The highest BCUT2D eigenvalue weighted by Crippen LogP contribution is 2.33. The lowest BCUT2D eigenvalue weighted by Crippen LogP contribution is -2.22. The third-order valence-electron chi connectivity index (χ3n) is 2.81. The van der Waals surface area contributed by atoms with Crippen molar-refractivity contribution < 1.29 is 19.1 Å². The first kappa shape index (κ1) is 10.7. The molecule has 1 aromatic carbocycles. The van der Waals surface area contributed by atoms with E-state index in [0.29, 0.717) is 17.7 Å². The van der Waals surface area contributed by atoms with Gasteiger partial charge in [-0.1, -0.05) is 12.1 Å². The van der Waals surface area contributed by atoms with Gasteiger partial charge in [-0.15, -0.1) is 0 Å². The van der Waals surface area contributed by atoms with Crippen molar-refractivity contribution in [2.75, 3.05) is 14.2 Å². The number of benzene rings is 1. The molecule has 1 aliphatic rings. The van der Waals surface area contributed by atoms with Gasteiger partial charge in [-0.05, 0) is 18.1 Å². The molecule has 0 aromatic heterocycles. The Bertz CT molecular complexity index is 450. The maximum atomic E-state index is 12.0. The summed E-state index contributed by atoms with van der Waals surface area (Å²) in [6.45, 7) is 0. The molecule has 1 atom stereocenters. The molecular weight excluding hydrogens is 208 g/mol. The van der Waals surface area contributed by atoms with Gasteiger partial charge in [0.25, 0.3) is 0 Å². The molecule has 0 heterocycles. The number of fused-ring (bicyclic) bond motifs is 1. The number of carbonyl (C=O) groups excluding carboxylic acids is 2. The average molecular weight is 220 g/mol. The minimum atomic E-state index is -0.712. The van der Waals surface area contributed by atoms with E-state index in [1.807, 2.05) is 12.1 Å². The van der Waals surface area contributed by atoms with Gasteiger partial charge in [-0.2, -0.15) is 0 Å². The summed E-state index contributed by atoms with van der Waals surface area (Å²) in [5, 5.41) is 0. The third-order valence-corrected chi connectivity index (χ3v) is 2.81. The van der Waals surface area contributed by atoms with Crippen LogP contribution in [0, 0.1) is 5.92 Å². The molecular formula is C12H12O4. The van der Waals surface area contributed by atoms with Crippen LogP contribution in [0.5, 0.6) is 5.75 Å². The van der Waals surface area contributed by atoms with Gasteiger partial charge in [0.1, 0.15) is 11.7 Å². The second-order valence-corrected chi connectivity index (χ2v) is 3.64. The normalized spacial score (nSPS) is 18.1. The van der Waals surface area contributed by atoms with E-state index >= 15 is 0 Å². The molecule has 0 N–H and O–H groups in total. The summed E-state index contributed by atoms with van der Waals surface area (Å²) in [5.41, 5.74) is 1.36. The number of Topliss-reactive ketones (excluding diaryl/α,β-unsaturated/α-hetero) is 1. The lowest BCUT2D eigenvalue weighted by atomic mass is 10.1. The molecule has 4 heteroatoms. The molecule has 0 aliphatic heterocycles. The highest BCUT2D eigenvalue weighted by atomic mass is 16.5. The van der Waals surface area contributed by atoms with Crippen LogP contribution in [0.1, 0.15) is 15.9 Å². The van der Waals surface area contributed by atoms with Crippen LogP contribution in [0.25, 0.3) is 0 Å².